The number of carboxylic acid groups (broad SMARTS) is 1. The number of amides is 1. The molecule has 1 aromatic carbocycles. The summed E-state index contributed by atoms with van der Waals surface area (Å²) < 4.78 is 12.9. The maximum absolute atomic E-state index is 12.9. The van der Waals surface area contributed by atoms with Crippen LogP contribution in [0.2, 0.25) is 0 Å². The SMILES string of the molecule is CC(C)(C)C(=O)N[C@@](C)(C(=O)O)c1ccc(F)cc1. The fourth-order valence-electron chi connectivity index (χ4n) is 1.45. The number of hydrogen-bond donors (Lipinski definition) is 2. The van der Waals surface area contributed by atoms with Crippen LogP contribution in [-0.2, 0) is 15.1 Å². The average Bonchev–Trinajstić information content (AvgIpc) is 2.28. The number of hydrogen-bond acceptors (Lipinski definition) is 2. The summed E-state index contributed by atoms with van der Waals surface area (Å²) in [5.41, 5.74) is -1.98. The highest BCUT2D eigenvalue weighted by molar-refractivity contribution is 5.90. The Hall–Kier alpha value is -1.91. The van der Waals surface area contributed by atoms with Crippen molar-refractivity contribution < 1.29 is 19.1 Å². The minimum atomic E-state index is -1.59. The van der Waals surface area contributed by atoms with Crippen LogP contribution in [0.5, 0.6) is 0 Å². The smallest absolute Gasteiger partial charge is 0.333 e. The van der Waals surface area contributed by atoms with Gasteiger partial charge >= 0.3 is 5.97 Å². The van der Waals surface area contributed by atoms with Crippen LogP contribution in [0.3, 0.4) is 0 Å². The minimum Gasteiger partial charge on any atom is -0.479 e. The molecule has 1 aromatic rings. The van der Waals surface area contributed by atoms with E-state index in [9.17, 15) is 19.1 Å². The molecule has 0 fully saturated rings. The number of nitrogens with one attached hydrogen (secondary N) is 1. The molecule has 0 aliphatic rings. The second kappa shape index (κ2) is 4.99. The van der Waals surface area contributed by atoms with E-state index in [-0.39, 0.29) is 5.91 Å². The monoisotopic (exact) mass is 267 g/mol. The standard InChI is InChI=1S/C14H18FNO3/c1-13(2,3)11(17)16-14(4,12(18)19)9-5-7-10(15)8-6-9/h5-8H,1-4H3,(H,16,17)(H,18,19)/t14-/m1/s1. The summed E-state index contributed by atoms with van der Waals surface area (Å²) in [7, 11) is 0. The number of halogens is 1. The van der Waals surface area contributed by atoms with Crippen LogP contribution in [-0.4, -0.2) is 17.0 Å². The fraction of sp³-hybridized carbons (Fsp3) is 0.429. The summed E-state index contributed by atoms with van der Waals surface area (Å²) in [5, 5.41) is 11.9. The predicted octanol–water partition coefficient (Wildman–Crippen LogP) is 2.29. The maximum Gasteiger partial charge on any atom is 0.333 e. The Labute approximate surface area is 111 Å². The van der Waals surface area contributed by atoms with Gasteiger partial charge in [-0.15, -0.1) is 0 Å². The van der Waals surface area contributed by atoms with Crippen LogP contribution in [0, 0.1) is 11.2 Å². The molecular formula is C14H18FNO3. The van der Waals surface area contributed by atoms with Crippen LogP contribution in [0.1, 0.15) is 33.3 Å². The molecule has 4 nitrogen and oxygen atoms in total. The molecule has 0 aromatic heterocycles. The second-order valence-corrected chi connectivity index (χ2v) is 5.64. The summed E-state index contributed by atoms with van der Waals surface area (Å²) >= 11 is 0. The van der Waals surface area contributed by atoms with Gasteiger partial charge in [-0.1, -0.05) is 32.9 Å². The van der Waals surface area contributed by atoms with Crippen molar-refractivity contribution in [3.63, 3.8) is 0 Å². The molecule has 1 amide bonds. The largest absolute Gasteiger partial charge is 0.479 e. The van der Waals surface area contributed by atoms with Crippen molar-refractivity contribution in [3.05, 3.63) is 35.6 Å². The van der Waals surface area contributed by atoms with Gasteiger partial charge in [0, 0.05) is 5.41 Å². The van der Waals surface area contributed by atoms with Gasteiger partial charge in [0.05, 0.1) is 0 Å². The van der Waals surface area contributed by atoms with Gasteiger partial charge in [0.25, 0.3) is 0 Å². The summed E-state index contributed by atoms with van der Waals surface area (Å²) in [5.74, 6) is -2.04. The van der Waals surface area contributed by atoms with Crippen LogP contribution < -0.4 is 5.32 Å². The number of carbonyl (C=O) groups is 2. The van der Waals surface area contributed by atoms with Crippen LogP contribution >= 0.6 is 0 Å². The summed E-state index contributed by atoms with van der Waals surface area (Å²) in [4.78, 5) is 23.4. The molecule has 0 spiro atoms. The van der Waals surface area contributed by atoms with Gasteiger partial charge in [0.2, 0.25) is 5.91 Å². The molecule has 1 rings (SSSR count). The van der Waals surface area contributed by atoms with E-state index in [1.807, 2.05) is 0 Å². The third kappa shape index (κ3) is 3.30. The van der Waals surface area contributed by atoms with Crippen LogP contribution in [0.4, 0.5) is 4.39 Å². The van der Waals surface area contributed by atoms with Gasteiger partial charge < -0.3 is 10.4 Å². The minimum absolute atomic E-state index is 0.319. The zero-order chi connectivity index (χ0) is 14.8. The van der Waals surface area contributed by atoms with Crippen molar-refractivity contribution in [1.29, 1.82) is 0 Å². The topological polar surface area (TPSA) is 66.4 Å². The summed E-state index contributed by atoms with van der Waals surface area (Å²) in [6, 6.07) is 5.04. The third-order valence-corrected chi connectivity index (χ3v) is 2.89. The van der Waals surface area contributed by atoms with Crippen molar-refractivity contribution >= 4 is 11.9 Å². The van der Waals surface area contributed by atoms with E-state index in [1.54, 1.807) is 20.8 Å². The Morgan fingerprint density at radius 2 is 1.58 bits per heavy atom. The summed E-state index contributed by atoms with van der Waals surface area (Å²) in [6.45, 7) is 6.45. The number of benzene rings is 1. The molecule has 5 heteroatoms. The van der Waals surface area contributed by atoms with Crippen LogP contribution in [0.25, 0.3) is 0 Å². The molecule has 104 valence electrons. The lowest BCUT2D eigenvalue weighted by Crippen LogP contribution is -2.52. The fourth-order valence-corrected chi connectivity index (χ4v) is 1.45. The normalized spacial score (nSPS) is 14.6. The molecule has 0 bridgehead atoms. The number of rotatable bonds is 3. The molecule has 2 N–H and O–H groups in total. The molecule has 0 radical (unpaired) electrons. The Balaban J connectivity index is 3.15. The van der Waals surface area contributed by atoms with Gasteiger partial charge in [-0.3, -0.25) is 4.79 Å². The average molecular weight is 267 g/mol. The number of carboxylic acids is 1. The highest BCUT2D eigenvalue weighted by Crippen LogP contribution is 2.24. The van der Waals surface area contributed by atoms with Crippen LogP contribution in [0.15, 0.2) is 24.3 Å². The Morgan fingerprint density at radius 3 is 1.95 bits per heavy atom. The Morgan fingerprint density at radius 1 is 1.11 bits per heavy atom. The predicted molar refractivity (Wildman–Crippen MR) is 69.0 cm³/mol. The van der Waals surface area contributed by atoms with E-state index in [0.29, 0.717) is 5.56 Å². The molecule has 1 atom stereocenters. The van der Waals surface area contributed by atoms with Gasteiger partial charge in [-0.2, -0.15) is 0 Å². The molecule has 0 aliphatic heterocycles. The lowest BCUT2D eigenvalue weighted by Gasteiger charge is -2.30. The molecular weight excluding hydrogens is 249 g/mol. The zero-order valence-electron chi connectivity index (χ0n) is 11.5. The van der Waals surface area contributed by atoms with E-state index < -0.39 is 22.7 Å². The van der Waals surface area contributed by atoms with E-state index in [4.69, 9.17) is 0 Å². The van der Waals surface area contributed by atoms with E-state index in [2.05, 4.69) is 5.32 Å². The number of carbonyl (C=O) groups excluding carboxylic acids is 1. The molecule has 0 saturated heterocycles. The van der Waals surface area contributed by atoms with Crippen molar-refractivity contribution in [1.82, 2.24) is 5.32 Å². The van der Waals surface area contributed by atoms with Gasteiger partial charge in [0.15, 0.2) is 5.54 Å². The first-order valence-corrected chi connectivity index (χ1v) is 5.89. The summed E-state index contributed by atoms with van der Waals surface area (Å²) in [6.07, 6.45) is 0. The van der Waals surface area contributed by atoms with Gasteiger partial charge in [0.1, 0.15) is 5.82 Å². The van der Waals surface area contributed by atoms with E-state index >= 15 is 0 Å². The van der Waals surface area contributed by atoms with Gasteiger partial charge in [-0.05, 0) is 24.6 Å². The first kappa shape index (κ1) is 15.1. The van der Waals surface area contributed by atoms with Crippen molar-refractivity contribution in [2.24, 2.45) is 5.41 Å². The molecule has 0 aliphatic carbocycles. The zero-order valence-corrected chi connectivity index (χ0v) is 11.5. The van der Waals surface area contributed by atoms with Gasteiger partial charge in [-0.25, -0.2) is 9.18 Å². The van der Waals surface area contributed by atoms with E-state index in [0.717, 1.165) is 0 Å². The van der Waals surface area contributed by atoms with Crippen molar-refractivity contribution in [2.45, 2.75) is 33.2 Å². The Bertz CT molecular complexity index is 490. The quantitative estimate of drug-likeness (QED) is 0.883. The highest BCUT2D eigenvalue weighted by Gasteiger charge is 2.39. The van der Waals surface area contributed by atoms with Crippen molar-refractivity contribution in [3.8, 4) is 0 Å². The van der Waals surface area contributed by atoms with Crippen molar-refractivity contribution in [2.75, 3.05) is 0 Å². The molecule has 0 saturated carbocycles. The third-order valence-electron chi connectivity index (χ3n) is 2.89. The molecule has 0 unspecified atom stereocenters. The first-order chi connectivity index (χ1) is 8.57. The Kier molecular flexibility index (Phi) is 3.98. The molecule has 0 heterocycles. The lowest BCUT2D eigenvalue weighted by molar-refractivity contribution is -0.148. The van der Waals surface area contributed by atoms with E-state index in [1.165, 1.54) is 31.2 Å². The maximum atomic E-state index is 12.9. The number of aliphatic carboxylic acids is 1. The highest BCUT2D eigenvalue weighted by atomic mass is 19.1. The second-order valence-electron chi connectivity index (χ2n) is 5.64. The lowest BCUT2D eigenvalue weighted by atomic mass is 9.88. The first-order valence-electron chi connectivity index (χ1n) is 5.89. The molecule has 19 heavy (non-hydrogen) atoms.